The molecule has 0 amide bonds. The average Bonchev–Trinajstić information content (AvgIpc) is 2.72. The topological polar surface area (TPSA) is 37.3 Å². The van der Waals surface area contributed by atoms with E-state index in [9.17, 15) is 9.90 Å². The summed E-state index contributed by atoms with van der Waals surface area (Å²) in [5, 5.41) is 9.68. The van der Waals surface area contributed by atoms with E-state index in [1.807, 2.05) is 12.1 Å². The second-order valence-electron chi connectivity index (χ2n) is 8.57. The van der Waals surface area contributed by atoms with Crippen molar-refractivity contribution in [3.8, 4) is 11.1 Å². The summed E-state index contributed by atoms with van der Waals surface area (Å²) in [5.74, 6) is 0.539. The molecule has 0 unspecified atom stereocenters. The van der Waals surface area contributed by atoms with Gasteiger partial charge in [-0.1, -0.05) is 82.3 Å². The van der Waals surface area contributed by atoms with Crippen molar-refractivity contribution in [2.24, 2.45) is 5.92 Å². The zero-order chi connectivity index (χ0) is 19.9. The first-order valence-corrected chi connectivity index (χ1v) is 11.0. The standard InChI is InChI=1S/C26H34O2/c1-3-4-5-6-7-20-10-14-22(15-11-20)25-18-23(16-17-24(25)26(27)28)21-12-8-19(2)9-13-21/h10-11,14-19,21H,3-9,12-13H2,1-2H3,(H,27,28). The number of hydrogen-bond donors (Lipinski definition) is 1. The molecule has 2 aromatic carbocycles. The van der Waals surface area contributed by atoms with E-state index < -0.39 is 5.97 Å². The second-order valence-corrected chi connectivity index (χ2v) is 8.57. The SMILES string of the molecule is CCCCCCc1ccc(-c2cc(C3CCC(C)CC3)ccc2C(=O)O)cc1. The Balaban J connectivity index is 1.80. The molecule has 28 heavy (non-hydrogen) atoms. The number of hydrogen-bond acceptors (Lipinski definition) is 1. The highest BCUT2D eigenvalue weighted by Gasteiger charge is 2.21. The van der Waals surface area contributed by atoms with Crippen molar-refractivity contribution in [3.05, 3.63) is 59.2 Å². The number of carbonyl (C=O) groups is 1. The van der Waals surface area contributed by atoms with E-state index in [2.05, 4.69) is 44.2 Å². The maximum atomic E-state index is 11.8. The van der Waals surface area contributed by atoms with Crippen LogP contribution in [-0.4, -0.2) is 11.1 Å². The van der Waals surface area contributed by atoms with Crippen molar-refractivity contribution in [1.29, 1.82) is 0 Å². The fraction of sp³-hybridized carbons (Fsp3) is 0.500. The average molecular weight is 379 g/mol. The molecule has 0 aromatic heterocycles. The number of rotatable bonds is 8. The minimum Gasteiger partial charge on any atom is -0.478 e. The molecule has 0 heterocycles. The van der Waals surface area contributed by atoms with Crippen LogP contribution in [0.5, 0.6) is 0 Å². The van der Waals surface area contributed by atoms with Gasteiger partial charge in [0.25, 0.3) is 0 Å². The Kier molecular flexibility index (Phi) is 7.30. The van der Waals surface area contributed by atoms with Crippen molar-refractivity contribution >= 4 is 5.97 Å². The van der Waals surface area contributed by atoms with E-state index in [-0.39, 0.29) is 0 Å². The molecule has 1 aliphatic rings. The van der Waals surface area contributed by atoms with Gasteiger partial charge >= 0.3 is 5.97 Å². The first-order valence-electron chi connectivity index (χ1n) is 11.0. The van der Waals surface area contributed by atoms with Gasteiger partial charge in [-0.2, -0.15) is 0 Å². The largest absolute Gasteiger partial charge is 0.478 e. The summed E-state index contributed by atoms with van der Waals surface area (Å²) < 4.78 is 0. The van der Waals surface area contributed by atoms with E-state index in [1.54, 1.807) is 0 Å². The van der Waals surface area contributed by atoms with E-state index in [0.717, 1.165) is 23.5 Å². The van der Waals surface area contributed by atoms with Crippen LogP contribution >= 0.6 is 0 Å². The van der Waals surface area contributed by atoms with Gasteiger partial charge < -0.3 is 5.11 Å². The summed E-state index contributed by atoms with van der Waals surface area (Å²) in [7, 11) is 0. The lowest BCUT2D eigenvalue weighted by Gasteiger charge is -2.27. The molecule has 1 saturated carbocycles. The Morgan fingerprint density at radius 2 is 1.68 bits per heavy atom. The molecule has 0 radical (unpaired) electrons. The van der Waals surface area contributed by atoms with E-state index in [0.29, 0.717) is 11.5 Å². The minimum atomic E-state index is -0.845. The quantitative estimate of drug-likeness (QED) is 0.484. The van der Waals surface area contributed by atoms with Gasteiger partial charge in [0.15, 0.2) is 0 Å². The van der Waals surface area contributed by atoms with Crippen LogP contribution in [0.2, 0.25) is 0 Å². The third-order valence-corrected chi connectivity index (χ3v) is 6.35. The summed E-state index contributed by atoms with van der Waals surface area (Å²) in [6, 6.07) is 14.5. The molecule has 150 valence electrons. The summed E-state index contributed by atoms with van der Waals surface area (Å²) in [6.45, 7) is 4.57. The smallest absolute Gasteiger partial charge is 0.336 e. The van der Waals surface area contributed by atoms with Gasteiger partial charge in [-0.05, 0) is 65.8 Å². The van der Waals surface area contributed by atoms with Crippen molar-refractivity contribution in [2.45, 2.75) is 77.6 Å². The Labute approximate surface area is 170 Å². The Morgan fingerprint density at radius 3 is 2.32 bits per heavy atom. The van der Waals surface area contributed by atoms with Gasteiger partial charge in [0.2, 0.25) is 0 Å². The summed E-state index contributed by atoms with van der Waals surface area (Å²) in [5.41, 5.74) is 4.93. The van der Waals surface area contributed by atoms with Crippen molar-refractivity contribution in [2.75, 3.05) is 0 Å². The fourth-order valence-electron chi connectivity index (χ4n) is 4.44. The molecular weight excluding hydrogens is 344 g/mol. The van der Waals surface area contributed by atoms with Gasteiger partial charge in [-0.3, -0.25) is 0 Å². The minimum absolute atomic E-state index is 0.406. The normalized spacial score (nSPS) is 19.5. The predicted octanol–water partition coefficient (Wildman–Crippen LogP) is 7.47. The van der Waals surface area contributed by atoms with E-state index >= 15 is 0 Å². The number of aryl methyl sites for hydroxylation is 1. The number of unbranched alkanes of at least 4 members (excludes halogenated alkanes) is 3. The highest BCUT2D eigenvalue weighted by molar-refractivity contribution is 5.96. The molecule has 1 aliphatic carbocycles. The van der Waals surface area contributed by atoms with Crippen LogP contribution < -0.4 is 0 Å². The number of carboxylic acids is 1. The third-order valence-electron chi connectivity index (χ3n) is 6.35. The monoisotopic (exact) mass is 378 g/mol. The predicted molar refractivity (Wildman–Crippen MR) is 117 cm³/mol. The summed E-state index contributed by atoms with van der Waals surface area (Å²) in [6.07, 6.45) is 11.1. The maximum Gasteiger partial charge on any atom is 0.336 e. The molecule has 0 aliphatic heterocycles. The maximum absolute atomic E-state index is 11.8. The van der Waals surface area contributed by atoms with E-state index in [1.165, 1.54) is 62.5 Å². The zero-order valence-electron chi connectivity index (χ0n) is 17.4. The molecule has 0 bridgehead atoms. The van der Waals surface area contributed by atoms with Crippen LogP contribution in [0.1, 0.15) is 92.6 Å². The van der Waals surface area contributed by atoms with Crippen LogP contribution in [0.15, 0.2) is 42.5 Å². The number of benzene rings is 2. The first-order chi connectivity index (χ1) is 13.6. The van der Waals surface area contributed by atoms with Crippen LogP contribution in [0.25, 0.3) is 11.1 Å². The Hall–Kier alpha value is -2.09. The van der Waals surface area contributed by atoms with Crippen LogP contribution in [0.3, 0.4) is 0 Å². The van der Waals surface area contributed by atoms with E-state index in [4.69, 9.17) is 0 Å². The highest BCUT2D eigenvalue weighted by atomic mass is 16.4. The van der Waals surface area contributed by atoms with Gasteiger partial charge in [0.1, 0.15) is 0 Å². The van der Waals surface area contributed by atoms with Crippen LogP contribution in [0, 0.1) is 5.92 Å². The molecule has 0 spiro atoms. The van der Waals surface area contributed by atoms with Crippen molar-refractivity contribution in [3.63, 3.8) is 0 Å². The second kappa shape index (κ2) is 9.91. The Bertz CT molecular complexity index is 768. The van der Waals surface area contributed by atoms with Crippen LogP contribution in [-0.2, 0) is 6.42 Å². The first kappa shape index (κ1) is 20.6. The zero-order valence-corrected chi connectivity index (χ0v) is 17.4. The fourth-order valence-corrected chi connectivity index (χ4v) is 4.44. The molecule has 2 aromatic rings. The number of aromatic carboxylic acids is 1. The Morgan fingerprint density at radius 1 is 0.964 bits per heavy atom. The van der Waals surface area contributed by atoms with Gasteiger partial charge in [0, 0.05) is 0 Å². The van der Waals surface area contributed by atoms with Crippen molar-refractivity contribution in [1.82, 2.24) is 0 Å². The summed E-state index contributed by atoms with van der Waals surface area (Å²) in [4.78, 5) is 11.8. The highest BCUT2D eigenvalue weighted by Crippen LogP contribution is 2.37. The molecule has 0 atom stereocenters. The molecular formula is C26H34O2. The lowest BCUT2D eigenvalue weighted by atomic mass is 9.78. The number of carboxylic acid groups (broad SMARTS) is 1. The van der Waals surface area contributed by atoms with Crippen molar-refractivity contribution < 1.29 is 9.90 Å². The molecule has 3 rings (SSSR count). The third kappa shape index (κ3) is 5.25. The lowest BCUT2D eigenvalue weighted by Crippen LogP contribution is -2.11. The van der Waals surface area contributed by atoms with Gasteiger partial charge in [0.05, 0.1) is 5.56 Å². The molecule has 0 saturated heterocycles. The summed E-state index contributed by atoms with van der Waals surface area (Å²) >= 11 is 0. The molecule has 2 nitrogen and oxygen atoms in total. The van der Waals surface area contributed by atoms with Crippen LogP contribution in [0.4, 0.5) is 0 Å². The molecule has 1 N–H and O–H groups in total. The van der Waals surface area contributed by atoms with Gasteiger partial charge in [-0.15, -0.1) is 0 Å². The van der Waals surface area contributed by atoms with Gasteiger partial charge in [-0.25, -0.2) is 4.79 Å². The molecule has 2 heteroatoms. The molecule has 1 fully saturated rings. The lowest BCUT2D eigenvalue weighted by molar-refractivity contribution is 0.0697.